The molecule has 5 nitrogen and oxygen atoms in total. The Kier molecular flexibility index (Phi) is 6.27. The Morgan fingerprint density at radius 2 is 1.68 bits per heavy atom. The fraction of sp³-hybridized carbons (Fsp3) is 0.526. The van der Waals surface area contributed by atoms with Gasteiger partial charge in [0.05, 0.1) is 5.25 Å². The summed E-state index contributed by atoms with van der Waals surface area (Å²) in [4.78, 5) is 14.7. The molecule has 0 N–H and O–H groups in total. The number of nitrogens with zero attached hydrogens (tertiary/aromatic N) is 4. The van der Waals surface area contributed by atoms with Gasteiger partial charge in [-0.15, -0.1) is 10.2 Å². The van der Waals surface area contributed by atoms with Gasteiger partial charge in [0, 0.05) is 24.7 Å². The van der Waals surface area contributed by atoms with Crippen LogP contribution in [0.25, 0.3) is 11.4 Å². The first kappa shape index (κ1) is 19.5. The minimum atomic E-state index is -0.211. The predicted molar refractivity (Wildman–Crippen MR) is 104 cm³/mol. The van der Waals surface area contributed by atoms with Crippen molar-refractivity contribution >= 4 is 17.7 Å². The first-order valence-corrected chi connectivity index (χ1v) is 9.56. The Hall–Kier alpha value is -1.82. The van der Waals surface area contributed by atoms with Crippen LogP contribution in [0.4, 0.5) is 0 Å². The van der Waals surface area contributed by atoms with E-state index in [1.165, 1.54) is 11.8 Å². The van der Waals surface area contributed by atoms with Crippen LogP contribution in [0.15, 0.2) is 29.4 Å². The molecular formula is C19H28N4OS. The fourth-order valence-corrected chi connectivity index (χ4v) is 3.87. The lowest BCUT2D eigenvalue weighted by molar-refractivity contribution is -0.133. The molecule has 0 saturated heterocycles. The second-order valence-electron chi connectivity index (χ2n) is 6.87. The number of amides is 1. The number of hydrogen-bond acceptors (Lipinski definition) is 4. The van der Waals surface area contributed by atoms with Crippen LogP contribution < -0.4 is 0 Å². The van der Waals surface area contributed by atoms with Gasteiger partial charge in [-0.25, -0.2) is 0 Å². The van der Waals surface area contributed by atoms with E-state index >= 15 is 0 Å². The summed E-state index contributed by atoms with van der Waals surface area (Å²) in [5.74, 6) is 0.959. The molecule has 1 amide bonds. The number of hydrogen-bond donors (Lipinski definition) is 0. The summed E-state index contributed by atoms with van der Waals surface area (Å²) in [5, 5.41) is 9.20. The van der Waals surface area contributed by atoms with E-state index in [0.717, 1.165) is 22.1 Å². The molecule has 1 unspecified atom stereocenters. The Labute approximate surface area is 154 Å². The van der Waals surface area contributed by atoms with Gasteiger partial charge < -0.3 is 9.47 Å². The van der Waals surface area contributed by atoms with E-state index in [1.54, 1.807) is 0 Å². The number of carbonyl (C=O) groups excluding carboxylic acids is 1. The van der Waals surface area contributed by atoms with E-state index in [4.69, 9.17) is 0 Å². The second-order valence-corrected chi connectivity index (χ2v) is 8.18. The molecule has 1 aromatic carbocycles. The van der Waals surface area contributed by atoms with Gasteiger partial charge in [0.1, 0.15) is 0 Å². The van der Waals surface area contributed by atoms with Gasteiger partial charge in [-0.05, 0) is 47.1 Å². The highest BCUT2D eigenvalue weighted by Gasteiger charge is 2.27. The summed E-state index contributed by atoms with van der Waals surface area (Å²) < 4.78 is 1.96. The van der Waals surface area contributed by atoms with Gasteiger partial charge in [0.15, 0.2) is 11.0 Å². The zero-order chi connectivity index (χ0) is 18.7. The third-order valence-corrected chi connectivity index (χ3v) is 5.34. The second kappa shape index (κ2) is 8.04. The van der Waals surface area contributed by atoms with Crippen molar-refractivity contribution in [2.24, 2.45) is 7.05 Å². The number of aromatic nitrogens is 3. The van der Waals surface area contributed by atoms with E-state index in [-0.39, 0.29) is 23.2 Å². The van der Waals surface area contributed by atoms with Crippen LogP contribution in [0.3, 0.4) is 0 Å². The summed E-state index contributed by atoms with van der Waals surface area (Å²) in [5.41, 5.74) is 2.22. The van der Waals surface area contributed by atoms with Crippen molar-refractivity contribution in [3.05, 3.63) is 29.8 Å². The molecule has 0 radical (unpaired) electrons. The van der Waals surface area contributed by atoms with Gasteiger partial charge in [0.2, 0.25) is 5.91 Å². The van der Waals surface area contributed by atoms with Crippen LogP contribution in [0.5, 0.6) is 0 Å². The van der Waals surface area contributed by atoms with Crippen molar-refractivity contribution in [3.63, 3.8) is 0 Å². The fourth-order valence-electron chi connectivity index (χ4n) is 3.00. The summed E-state index contributed by atoms with van der Waals surface area (Å²) in [6.45, 7) is 12.2. The largest absolute Gasteiger partial charge is 0.337 e. The Balaban J connectivity index is 2.21. The molecule has 1 aromatic heterocycles. The lowest BCUT2D eigenvalue weighted by Crippen LogP contribution is -2.45. The van der Waals surface area contributed by atoms with Gasteiger partial charge in [-0.2, -0.15) is 0 Å². The van der Waals surface area contributed by atoms with Crippen LogP contribution in [-0.2, 0) is 11.8 Å². The zero-order valence-electron chi connectivity index (χ0n) is 16.1. The Morgan fingerprint density at radius 1 is 1.08 bits per heavy atom. The van der Waals surface area contributed by atoms with Crippen LogP contribution in [0.2, 0.25) is 0 Å². The van der Waals surface area contributed by atoms with E-state index in [2.05, 4.69) is 23.2 Å². The molecule has 0 saturated carbocycles. The third-order valence-electron chi connectivity index (χ3n) is 4.22. The third kappa shape index (κ3) is 4.24. The average molecular weight is 361 g/mol. The first-order chi connectivity index (χ1) is 11.7. The minimum absolute atomic E-state index is 0.135. The van der Waals surface area contributed by atoms with Gasteiger partial charge >= 0.3 is 0 Å². The highest BCUT2D eigenvalue weighted by atomic mass is 32.2. The lowest BCUT2D eigenvalue weighted by Gasteiger charge is -2.32. The van der Waals surface area contributed by atoms with Crippen molar-refractivity contribution in [1.29, 1.82) is 0 Å². The standard InChI is InChI=1S/C19H28N4OS/c1-12(2)23(13(3)4)18(24)15(6)25-19-21-20-17(22(19)7)16-11-9-8-10-14(16)5/h8-13,15H,1-7H3. The number of benzene rings is 1. The molecule has 0 fully saturated rings. The molecule has 2 aromatic rings. The maximum absolute atomic E-state index is 12.8. The number of rotatable bonds is 6. The molecule has 25 heavy (non-hydrogen) atoms. The van der Waals surface area contributed by atoms with Crippen molar-refractivity contribution in [1.82, 2.24) is 19.7 Å². The molecule has 1 heterocycles. The molecular weight excluding hydrogens is 332 g/mol. The van der Waals surface area contributed by atoms with E-state index in [0.29, 0.717) is 0 Å². The molecule has 0 spiro atoms. The first-order valence-electron chi connectivity index (χ1n) is 8.68. The maximum Gasteiger partial charge on any atom is 0.236 e. The number of thioether (sulfide) groups is 1. The molecule has 136 valence electrons. The Morgan fingerprint density at radius 3 is 2.24 bits per heavy atom. The van der Waals surface area contributed by atoms with E-state index in [1.807, 2.05) is 69.3 Å². The van der Waals surface area contributed by atoms with Crippen LogP contribution in [-0.4, -0.2) is 42.9 Å². The summed E-state index contributed by atoms with van der Waals surface area (Å²) in [6.07, 6.45) is 0. The van der Waals surface area contributed by atoms with E-state index in [9.17, 15) is 4.79 Å². The molecule has 1 atom stereocenters. The quantitative estimate of drug-likeness (QED) is 0.733. The molecule has 0 aliphatic heterocycles. The zero-order valence-corrected chi connectivity index (χ0v) is 17.0. The Bertz CT molecular complexity index is 731. The van der Waals surface area contributed by atoms with Gasteiger partial charge in [-0.1, -0.05) is 36.0 Å². The monoisotopic (exact) mass is 360 g/mol. The topological polar surface area (TPSA) is 51.0 Å². The highest BCUT2D eigenvalue weighted by molar-refractivity contribution is 8.00. The summed E-state index contributed by atoms with van der Waals surface area (Å²) in [6, 6.07) is 8.47. The van der Waals surface area contributed by atoms with Crippen LogP contribution in [0, 0.1) is 6.92 Å². The molecule has 0 bridgehead atoms. The van der Waals surface area contributed by atoms with E-state index < -0.39 is 0 Å². The minimum Gasteiger partial charge on any atom is -0.337 e. The molecule has 0 aliphatic rings. The van der Waals surface area contributed by atoms with Gasteiger partial charge in [0.25, 0.3) is 0 Å². The summed E-state index contributed by atoms with van der Waals surface area (Å²) in [7, 11) is 1.95. The van der Waals surface area contributed by atoms with Crippen LogP contribution in [0.1, 0.15) is 40.2 Å². The van der Waals surface area contributed by atoms with Crippen molar-refractivity contribution in [2.45, 2.75) is 64.0 Å². The molecule has 0 aliphatic carbocycles. The van der Waals surface area contributed by atoms with Crippen molar-refractivity contribution in [3.8, 4) is 11.4 Å². The molecule has 2 rings (SSSR count). The average Bonchev–Trinajstić information content (AvgIpc) is 2.88. The highest BCUT2D eigenvalue weighted by Crippen LogP contribution is 2.28. The number of carbonyl (C=O) groups is 1. The SMILES string of the molecule is Cc1ccccc1-c1nnc(SC(C)C(=O)N(C(C)C)C(C)C)n1C. The van der Waals surface area contributed by atoms with Crippen molar-refractivity contribution in [2.75, 3.05) is 0 Å². The molecule has 6 heteroatoms. The smallest absolute Gasteiger partial charge is 0.236 e. The lowest BCUT2D eigenvalue weighted by atomic mass is 10.1. The van der Waals surface area contributed by atoms with Gasteiger partial charge in [-0.3, -0.25) is 4.79 Å². The normalized spacial score (nSPS) is 12.7. The van der Waals surface area contributed by atoms with Crippen molar-refractivity contribution < 1.29 is 4.79 Å². The number of aryl methyl sites for hydroxylation is 1. The van der Waals surface area contributed by atoms with Crippen LogP contribution >= 0.6 is 11.8 Å². The predicted octanol–water partition coefficient (Wildman–Crippen LogP) is 3.92. The summed E-state index contributed by atoms with van der Waals surface area (Å²) >= 11 is 1.46. The maximum atomic E-state index is 12.8.